The first-order valence-electron chi connectivity index (χ1n) is 4.95. The molecule has 0 unspecified atom stereocenters. The summed E-state index contributed by atoms with van der Waals surface area (Å²) >= 11 is 0. The topological polar surface area (TPSA) is 29.5 Å². The molecule has 3 nitrogen and oxygen atoms in total. The standard InChI is InChI=1S/C10H19NO2/c1-7(2)10(12)11-5-8(3)13-9(4)6-11/h7-9H,5-6H2,1-4H3/t8-,9+. The second-order valence-electron chi connectivity index (χ2n) is 4.16. The first kappa shape index (κ1) is 10.5. The molecule has 0 radical (unpaired) electrons. The first-order valence-corrected chi connectivity index (χ1v) is 4.95. The highest BCUT2D eigenvalue weighted by Gasteiger charge is 2.26. The second kappa shape index (κ2) is 4.09. The Bertz CT molecular complexity index is 181. The van der Waals surface area contributed by atoms with E-state index in [9.17, 15) is 4.79 Å². The van der Waals surface area contributed by atoms with Crippen molar-refractivity contribution in [1.82, 2.24) is 4.90 Å². The molecule has 1 aliphatic rings. The SMILES string of the molecule is CC(C)C(=O)N1C[C@@H](C)O[C@@H](C)C1. The minimum absolute atomic E-state index is 0.0949. The smallest absolute Gasteiger partial charge is 0.225 e. The van der Waals surface area contributed by atoms with Gasteiger partial charge in [0.15, 0.2) is 0 Å². The lowest BCUT2D eigenvalue weighted by Gasteiger charge is -2.36. The molecular formula is C10H19NO2. The molecule has 1 rings (SSSR count). The van der Waals surface area contributed by atoms with E-state index in [0.29, 0.717) is 0 Å². The van der Waals surface area contributed by atoms with Gasteiger partial charge in [0.2, 0.25) is 5.91 Å². The Morgan fingerprint density at radius 2 is 1.77 bits per heavy atom. The maximum atomic E-state index is 11.7. The van der Waals surface area contributed by atoms with Gasteiger partial charge < -0.3 is 9.64 Å². The molecule has 0 aromatic heterocycles. The largest absolute Gasteiger partial charge is 0.372 e. The zero-order valence-electron chi connectivity index (χ0n) is 8.91. The Hall–Kier alpha value is -0.570. The average molecular weight is 185 g/mol. The van der Waals surface area contributed by atoms with Crippen molar-refractivity contribution in [1.29, 1.82) is 0 Å². The second-order valence-corrected chi connectivity index (χ2v) is 4.16. The summed E-state index contributed by atoms with van der Waals surface area (Å²) in [5, 5.41) is 0. The number of amides is 1. The Labute approximate surface area is 80.1 Å². The number of rotatable bonds is 1. The lowest BCUT2D eigenvalue weighted by atomic mass is 10.1. The van der Waals surface area contributed by atoms with E-state index in [4.69, 9.17) is 4.74 Å². The number of morpholine rings is 1. The van der Waals surface area contributed by atoms with Gasteiger partial charge in [-0.1, -0.05) is 13.8 Å². The third-order valence-electron chi connectivity index (χ3n) is 2.23. The molecule has 0 aliphatic carbocycles. The summed E-state index contributed by atoms with van der Waals surface area (Å²) in [6.45, 7) is 9.37. The summed E-state index contributed by atoms with van der Waals surface area (Å²) in [6, 6.07) is 0. The van der Waals surface area contributed by atoms with Gasteiger partial charge in [-0.05, 0) is 13.8 Å². The average Bonchev–Trinajstić information content (AvgIpc) is 2.01. The predicted molar refractivity (Wildman–Crippen MR) is 51.4 cm³/mol. The highest BCUT2D eigenvalue weighted by molar-refractivity contribution is 5.78. The van der Waals surface area contributed by atoms with E-state index in [1.165, 1.54) is 0 Å². The molecule has 0 aromatic carbocycles. The summed E-state index contributed by atoms with van der Waals surface area (Å²) in [4.78, 5) is 13.6. The number of carbonyl (C=O) groups is 1. The van der Waals surface area contributed by atoms with E-state index in [1.807, 2.05) is 32.6 Å². The first-order chi connectivity index (χ1) is 6.00. The van der Waals surface area contributed by atoms with Crippen LogP contribution in [0.1, 0.15) is 27.7 Å². The molecule has 0 bridgehead atoms. The molecule has 2 atom stereocenters. The van der Waals surface area contributed by atoms with Crippen LogP contribution in [-0.2, 0) is 9.53 Å². The molecule has 0 saturated carbocycles. The quantitative estimate of drug-likeness (QED) is 0.616. The van der Waals surface area contributed by atoms with E-state index < -0.39 is 0 Å². The van der Waals surface area contributed by atoms with Gasteiger partial charge in [0, 0.05) is 19.0 Å². The number of nitrogens with zero attached hydrogens (tertiary/aromatic N) is 1. The van der Waals surface area contributed by atoms with Crippen molar-refractivity contribution in [3.63, 3.8) is 0 Å². The summed E-state index contributed by atoms with van der Waals surface area (Å²) < 4.78 is 5.55. The fraction of sp³-hybridized carbons (Fsp3) is 0.900. The van der Waals surface area contributed by atoms with Crippen LogP contribution in [-0.4, -0.2) is 36.1 Å². The van der Waals surface area contributed by atoms with Crippen molar-refractivity contribution in [3.05, 3.63) is 0 Å². The Kier molecular flexibility index (Phi) is 3.31. The Balaban J connectivity index is 2.55. The van der Waals surface area contributed by atoms with Crippen LogP contribution in [0.3, 0.4) is 0 Å². The van der Waals surface area contributed by atoms with Crippen LogP contribution in [0.25, 0.3) is 0 Å². The van der Waals surface area contributed by atoms with Gasteiger partial charge in [-0.3, -0.25) is 4.79 Å². The molecule has 3 heteroatoms. The van der Waals surface area contributed by atoms with E-state index in [2.05, 4.69) is 0 Å². The monoisotopic (exact) mass is 185 g/mol. The van der Waals surface area contributed by atoms with E-state index in [0.717, 1.165) is 13.1 Å². The summed E-state index contributed by atoms with van der Waals surface area (Å²) in [5.74, 6) is 0.333. The third-order valence-corrected chi connectivity index (χ3v) is 2.23. The molecule has 76 valence electrons. The molecular weight excluding hydrogens is 166 g/mol. The molecule has 1 amide bonds. The molecule has 13 heavy (non-hydrogen) atoms. The van der Waals surface area contributed by atoms with Crippen LogP contribution < -0.4 is 0 Å². The van der Waals surface area contributed by atoms with Crippen molar-refractivity contribution < 1.29 is 9.53 Å². The van der Waals surface area contributed by atoms with Crippen molar-refractivity contribution in [2.45, 2.75) is 39.9 Å². The highest BCUT2D eigenvalue weighted by atomic mass is 16.5. The van der Waals surface area contributed by atoms with Gasteiger partial charge >= 0.3 is 0 Å². The Morgan fingerprint density at radius 3 is 2.15 bits per heavy atom. The van der Waals surface area contributed by atoms with Crippen LogP contribution in [0.2, 0.25) is 0 Å². The zero-order chi connectivity index (χ0) is 10.0. The van der Waals surface area contributed by atoms with Gasteiger partial charge in [0.25, 0.3) is 0 Å². The molecule has 1 heterocycles. The van der Waals surface area contributed by atoms with Crippen LogP contribution in [0.5, 0.6) is 0 Å². The molecule has 1 aliphatic heterocycles. The summed E-state index contributed by atoms with van der Waals surface area (Å²) in [6.07, 6.45) is 0.345. The maximum absolute atomic E-state index is 11.7. The third kappa shape index (κ3) is 2.69. The van der Waals surface area contributed by atoms with Gasteiger partial charge in [-0.2, -0.15) is 0 Å². The number of hydrogen-bond donors (Lipinski definition) is 0. The predicted octanol–water partition coefficient (Wildman–Crippen LogP) is 1.28. The van der Waals surface area contributed by atoms with Crippen molar-refractivity contribution >= 4 is 5.91 Å². The summed E-state index contributed by atoms with van der Waals surface area (Å²) in [5.41, 5.74) is 0. The minimum atomic E-state index is 0.0949. The highest BCUT2D eigenvalue weighted by Crippen LogP contribution is 2.13. The van der Waals surface area contributed by atoms with E-state index >= 15 is 0 Å². The molecule has 0 N–H and O–H groups in total. The van der Waals surface area contributed by atoms with Crippen LogP contribution >= 0.6 is 0 Å². The van der Waals surface area contributed by atoms with Crippen molar-refractivity contribution in [2.24, 2.45) is 5.92 Å². The van der Waals surface area contributed by atoms with Gasteiger partial charge in [0.05, 0.1) is 12.2 Å². The molecule has 0 aromatic rings. The fourth-order valence-electron chi connectivity index (χ4n) is 1.72. The Morgan fingerprint density at radius 1 is 1.31 bits per heavy atom. The van der Waals surface area contributed by atoms with Gasteiger partial charge in [0.1, 0.15) is 0 Å². The van der Waals surface area contributed by atoms with Crippen LogP contribution in [0.4, 0.5) is 0 Å². The van der Waals surface area contributed by atoms with E-state index in [1.54, 1.807) is 0 Å². The molecule has 1 fully saturated rings. The maximum Gasteiger partial charge on any atom is 0.225 e. The number of ether oxygens (including phenoxy) is 1. The van der Waals surface area contributed by atoms with Gasteiger partial charge in [-0.25, -0.2) is 0 Å². The number of carbonyl (C=O) groups excluding carboxylic acids is 1. The zero-order valence-corrected chi connectivity index (χ0v) is 8.91. The fourth-order valence-corrected chi connectivity index (χ4v) is 1.72. The number of hydrogen-bond acceptors (Lipinski definition) is 2. The van der Waals surface area contributed by atoms with Crippen molar-refractivity contribution in [3.8, 4) is 0 Å². The molecule has 0 spiro atoms. The van der Waals surface area contributed by atoms with Crippen LogP contribution in [0, 0.1) is 5.92 Å². The minimum Gasteiger partial charge on any atom is -0.372 e. The lowest BCUT2D eigenvalue weighted by Crippen LogP contribution is -2.49. The van der Waals surface area contributed by atoms with E-state index in [-0.39, 0.29) is 24.0 Å². The lowest BCUT2D eigenvalue weighted by molar-refractivity contribution is -0.146. The van der Waals surface area contributed by atoms with Crippen molar-refractivity contribution in [2.75, 3.05) is 13.1 Å². The van der Waals surface area contributed by atoms with Gasteiger partial charge in [-0.15, -0.1) is 0 Å². The summed E-state index contributed by atoms with van der Waals surface area (Å²) in [7, 11) is 0. The normalized spacial score (nSPS) is 29.5. The van der Waals surface area contributed by atoms with Crippen LogP contribution in [0.15, 0.2) is 0 Å². The molecule has 1 saturated heterocycles.